The number of benzene rings is 2. The summed E-state index contributed by atoms with van der Waals surface area (Å²) in [6.45, 7) is 0. The zero-order valence-corrected chi connectivity index (χ0v) is 11.5. The van der Waals surface area contributed by atoms with Gasteiger partial charge < -0.3 is 4.74 Å². The van der Waals surface area contributed by atoms with Crippen LogP contribution in [0.2, 0.25) is 0 Å². The second-order valence-electron chi connectivity index (χ2n) is 4.75. The Labute approximate surface area is 119 Å². The van der Waals surface area contributed by atoms with E-state index in [1.165, 1.54) is 5.56 Å². The van der Waals surface area contributed by atoms with Crippen LogP contribution in [0.5, 0.6) is 5.75 Å². The third-order valence-corrected chi connectivity index (χ3v) is 3.40. The van der Waals surface area contributed by atoms with Crippen LogP contribution in [0.4, 0.5) is 0 Å². The van der Waals surface area contributed by atoms with E-state index < -0.39 is 0 Å². The fourth-order valence-electron chi connectivity index (χ4n) is 2.23. The molecule has 99 valence electrons. The number of aryl methyl sites for hydroxylation is 2. The smallest absolute Gasteiger partial charge is 0.118 e. The van der Waals surface area contributed by atoms with Crippen molar-refractivity contribution in [3.05, 3.63) is 71.9 Å². The van der Waals surface area contributed by atoms with E-state index in [1.807, 2.05) is 36.4 Å². The highest BCUT2D eigenvalue weighted by Crippen LogP contribution is 2.15. The van der Waals surface area contributed by atoms with Crippen molar-refractivity contribution in [2.45, 2.75) is 12.8 Å². The Morgan fingerprint density at radius 1 is 1.00 bits per heavy atom. The number of hydrogen-bond donors (Lipinski definition) is 0. The maximum Gasteiger partial charge on any atom is 0.118 e. The summed E-state index contributed by atoms with van der Waals surface area (Å²) in [5, 5.41) is 1.14. The summed E-state index contributed by atoms with van der Waals surface area (Å²) in [5.74, 6) is 0.893. The Morgan fingerprint density at radius 3 is 2.60 bits per heavy atom. The van der Waals surface area contributed by atoms with Crippen LogP contribution in [0.15, 0.2) is 54.6 Å². The molecule has 0 N–H and O–H groups in total. The SMILES string of the molecule is COc1ccc(CCc2[c]cc3ccccc3n2)cc1. The van der Waals surface area contributed by atoms with E-state index in [1.54, 1.807) is 7.11 Å². The minimum atomic E-state index is 0.893. The van der Waals surface area contributed by atoms with Crippen LogP contribution < -0.4 is 4.74 Å². The molecule has 0 bridgehead atoms. The van der Waals surface area contributed by atoms with Gasteiger partial charge in [0.05, 0.1) is 12.6 Å². The molecule has 1 heterocycles. The van der Waals surface area contributed by atoms with Crippen LogP contribution in [0.1, 0.15) is 11.3 Å². The summed E-state index contributed by atoms with van der Waals surface area (Å²) in [4.78, 5) is 4.64. The second kappa shape index (κ2) is 5.74. The number of ether oxygens (including phenoxy) is 1. The zero-order valence-electron chi connectivity index (χ0n) is 11.5. The number of aromatic nitrogens is 1. The van der Waals surface area contributed by atoms with Gasteiger partial charge in [0.2, 0.25) is 0 Å². The molecule has 0 fully saturated rings. The second-order valence-corrected chi connectivity index (χ2v) is 4.75. The van der Waals surface area contributed by atoms with Gasteiger partial charge in [-0.3, -0.25) is 4.98 Å². The molecule has 3 aromatic rings. The van der Waals surface area contributed by atoms with Crippen LogP contribution in [0.3, 0.4) is 0 Å². The molecule has 0 spiro atoms. The largest absolute Gasteiger partial charge is 0.497 e. The summed E-state index contributed by atoms with van der Waals surface area (Å²) in [6, 6.07) is 21.6. The average Bonchev–Trinajstić information content (AvgIpc) is 2.53. The standard InChI is InChI=1S/C18H16NO/c1-20-17-12-7-14(8-13-17)6-10-16-11-9-15-4-2-3-5-18(15)19-16/h2-5,7-9,12-13H,6,10H2,1H3. The number of nitrogens with zero attached hydrogens (tertiary/aromatic N) is 1. The molecular formula is C18H16NO. The Hall–Kier alpha value is -2.35. The summed E-state index contributed by atoms with van der Waals surface area (Å²) in [7, 11) is 1.68. The lowest BCUT2D eigenvalue weighted by Crippen LogP contribution is -1.95. The number of pyridine rings is 1. The molecule has 1 radical (unpaired) electrons. The summed E-state index contributed by atoms with van der Waals surface area (Å²) in [6.07, 6.45) is 1.86. The van der Waals surface area contributed by atoms with Gasteiger partial charge in [0.1, 0.15) is 5.75 Å². The minimum absolute atomic E-state index is 0.893. The molecule has 20 heavy (non-hydrogen) atoms. The molecule has 2 nitrogen and oxygen atoms in total. The monoisotopic (exact) mass is 262 g/mol. The van der Waals surface area contributed by atoms with E-state index in [9.17, 15) is 0 Å². The quantitative estimate of drug-likeness (QED) is 0.713. The molecule has 2 heteroatoms. The highest BCUT2D eigenvalue weighted by molar-refractivity contribution is 5.78. The lowest BCUT2D eigenvalue weighted by Gasteiger charge is -2.04. The van der Waals surface area contributed by atoms with E-state index in [0.29, 0.717) is 0 Å². The fraction of sp³-hybridized carbons (Fsp3) is 0.167. The van der Waals surface area contributed by atoms with E-state index in [2.05, 4.69) is 29.2 Å². The number of para-hydroxylation sites is 1. The maximum absolute atomic E-state index is 5.16. The first-order valence-corrected chi connectivity index (χ1v) is 6.74. The van der Waals surface area contributed by atoms with E-state index >= 15 is 0 Å². The van der Waals surface area contributed by atoms with E-state index in [0.717, 1.165) is 35.2 Å². The van der Waals surface area contributed by atoms with Gasteiger partial charge in [-0.05, 0) is 42.7 Å². The lowest BCUT2D eigenvalue weighted by molar-refractivity contribution is 0.414. The maximum atomic E-state index is 5.16. The number of fused-ring (bicyclic) bond motifs is 1. The van der Waals surface area contributed by atoms with Crippen LogP contribution in [-0.2, 0) is 12.8 Å². The minimum Gasteiger partial charge on any atom is -0.497 e. The van der Waals surface area contributed by atoms with E-state index in [4.69, 9.17) is 4.74 Å². The Bertz CT molecular complexity index is 704. The van der Waals surface area contributed by atoms with Crippen molar-refractivity contribution in [2.24, 2.45) is 0 Å². The molecule has 0 aliphatic carbocycles. The summed E-state index contributed by atoms with van der Waals surface area (Å²) >= 11 is 0. The molecule has 2 aromatic carbocycles. The third-order valence-electron chi connectivity index (χ3n) is 3.40. The fourth-order valence-corrected chi connectivity index (χ4v) is 2.23. The molecule has 0 saturated carbocycles. The number of methoxy groups -OCH3 is 1. The molecular weight excluding hydrogens is 246 g/mol. The van der Waals surface area contributed by atoms with Gasteiger partial charge in [0.15, 0.2) is 0 Å². The summed E-state index contributed by atoms with van der Waals surface area (Å²) in [5.41, 5.74) is 3.34. The predicted molar refractivity (Wildman–Crippen MR) is 81.0 cm³/mol. The first kappa shape index (κ1) is 12.7. The lowest BCUT2D eigenvalue weighted by atomic mass is 10.1. The van der Waals surface area contributed by atoms with Crippen LogP contribution in [0, 0.1) is 6.07 Å². The molecule has 1 aromatic heterocycles. The van der Waals surface area contributed by atoms with Crippen LogP contribution >= 0.6 is 0 Å². The summed E-state index contributed by atoms with van der Waals surface area (Å²) < 4.78 is 5.16. The molecule has 0 aliphatic heterocycles. The molecule has 3 rings (SSSR count). The third kappa shape index (κ3) is 2.80. The van der Waals surface area contributed by atoms with Crippen LogP contribution in [0.25, 0.3) is 10.9 Å². The topological polar surface area (TPSA) is 22.1 Å². The van der Waals surface area contributed by atoms with Crippen LogP contribution in [-0.4, -0.2) is 12.1 Å². The Balaban J connectivity index is 1.72. The normalized spacial score (nSPS) is 10.7. The van der Waals surface area contributed by atoms with Gasteiger partial charge in [0, 0.05) is 17.1 Å². The van der Waals surface area contributed by atoms with Gasteiger partial charge in [-0.2, -0.15) is 0 Å². The van der Waals surface area contributed by atoms with Gasteiger partial charge in [-0.25, -0.2) is 0 Å². The van der Waals surface area contributed by atoms with Gasteiger partial charge in [-0.15, -0.1) is 0 Å². The van der Waals surface area contributed by atoms with E-state index in [-0.39, 0.29) is 0 Å². The molecule has 0 amide bonds. The molecule has 0 unspecified atom stereocenters. The van der Waals surface area contributed by atoms with Crippen molar-refractivity contribution < 1.29 is 4.74 Å². The molecule has 0 saturated heterocycles. The molecule has 0 aliphatic rings. The number of hydrogen-bond acceptors (Lipinski definition) is 2. The van der Waals surface area contributed by atoms with Crippen molar-refractivity contribution in [3.8, 4) is 5.75 Å². The Morgan fingerprint density at radius 2 is 1.80 bits per heavy atom. The van der Waals surface area contributed by atoms with Gasteiger partial charge >= 0.3 is 0 Å². The average molecular weight is 262 g/mol. The molecule has 0 atom stereocenters. The van der Waals surface area contributed by atoms with Gasteiger partial charge in [-0.1, -0.05) is 30.3 Å². The van der Waals surface area contributed by atoms with Crippen molar-refractivity contribution in [3.63, 3.8) is 0 Å². The first-order chi connectivity index (χ1) is 9.85. The van der Waals surface area contributed by atoms with Crippen molar-refractivity contribution in [1.29, 1.82) is 0 Å². The van der Waals surface area contributed by atoms with Crippen molar-refractivity contribution in [1.82, 2.24) is 4.98 Å². The highest BCUT2D eigenvalue weighted by atomic mass is 16.5. The predicted octanol–water partition coefficient (Wildman–Crippen LogP) is 3.83. The van der Waals surface area contributed by atoms with Crippen molar-refractivity contribution in [2.75, 3.05) is 7.11 Å². The van der Waals surface area contributed by atoms with Gasteiger partial charge in [0.25, 0.3) is 0 Å². The Kier molecular flexibility index (Phi) is 3.64. The highest BCUT2D eigenvalue weighted by Gasteiger charge is 2.00. The first-order valence-electron chi connectivity index (χ1n) is 6.74. The zero-order chi connectivity index (χ0) is 13.8. The number of rotatable bonds is 4. The van der Waals surface area contributed by atoms with Crippen molar-refractivity contribution >= 4 is 10.9 Å².